The molecule has 0 heterocycles. The zero-order valence-electron chi connectivity index (χ0n) is 9.00. The van der Waals surface area contributed by atoms with E-state index in [0.29, 0.717) is 16.6 Å². The number of halogens is 1. The molecule has 5 heteroatoms. The van der Waals surface area contributed by atoms with Crippen LogP contribution in [0, 0.1) is 0 Å². The van der Waals surface area contributed by atoms with Crippen molar-refractivity contribution in [3.05, 3.63) is 27.7 Å². The summed E-state index contributed by atoms with van der Waals surface area (Å²) in [5.41, 5.74) is 1.51. The molecule has 16 heavy (non-hydrogen) atoms. The molecule has 1 amide bonds. The molecule has 86 valence electrons. The third kappa shape index (κ3) is 2.82. The van der Waals surface area contributed by atoms with Crippen molar-refractivity contribution in [3.63, 3.8) is 0 Å². The van der Waals surface area contributed by atoms with Crippen molar-refractivity contribution < 1.29 is 14.7 Å². The van der Waals surface area contributed by atoms with Gasteiger partial charge in [0.1, 0.15) is 0 Å². The minimum Gasteiger partial charge on any atom is -0.478 e. The molecule has 4 nitrogen and oxygen atoms in total. The Bertz CT molecular complexity index is 443. The molecule has 0 saturated heterocycles. The Hall–Kier alpha value is -1.36. The molecular formula is C11H12BrNO3. The molecule has 1 aromatic carbocycles. The summed E-state index contributed by atoms with van der Waals surface area (Å²) in [6, 6.07) is 3.20. The van der Waals surface area contributed by atoms with Crippen LogP contribution in [0.15, 0.2) is 16.6 Å². The number of carboxylic acids is 1. The van der Waals surface area contributed by atoms with Gasteiger partial charge in [0.05, 0.1) is 5.56 Å². The third-order valence-corrected chi connectivity index (χ3v) is 3.02. The monoisotopic (exact) mass is 285 g/mol. The third-order valence-electron chi connectivity index (χ3n) is 2.08. The number of hydrogen-bond donors (Lipinski definition) is 2. The lowest BCUT2D eigenvalue weighted by molar-refractivity contribution is -0.114. The van der Waals surface area contributed by atoms with Gasteiger partial charge in [-0.3, -0.25) is 4.79 Å². The summed E-state index contributed by atoms with van der Waals surface area (Å²) in [4.78, 5) is 21.9. The number of nitrogens with one attached hydrogen (secondary N) is 1. The molecule has 0 spiro atoms. The summed E-state index contributed by atoms with van der Waals surface area (Å²) in [6.07, 6.45) is 0.689. The van der Waals surface area contributed by atoms with E-state index in [1.165, 1.54) is 13.0 Å². The maximum absolute atomic E-state index is 11.0. The average Bonchev–Trinajstić information content (AvgIpc) is 2.19. The van der Waals surface area contributed by atoms with Crippen LogP contribution in [-0.4, -0.2) is 17.0 Å². The summed E-state index contributed by atoms with van der Waals surface area (Å²) in [5, 5.41) is 11.6. The lowest BCUT2D eigenvalue weighted by Crippen LogP contribution is -2.08. The Morgan fingerprint density at radius 3 is 2.50 bits per heavy atom. The molecule has 0 saturated carbocycles. The molecule has 0 unspecified atom stereocenters. The minimum atomic E-state index is -1.02. The van der Waals surface area contributed by atoms with E-state index in [-0.39, 0.29) is 11.5 Å². The molecule has 0 fully saturated rings. The van der Waals surface area contributed by atoms with Crippen molar-refractivity contribution in [1.82, 2.24) is 0 Å². The molecule has 0 bridgehead atoms. The Labute approximate surface area is 102 Å². The van der Waals surface area contributed by atoms with Gasteiger partial charge < -0.3 is 10.4 Å². The van der Waals surface area contributed by atoms with Gasteiger partial charge in [0.25, 0.3) is 0 Å². The number of rotatable bonds is 3. The molecular weight excluding hydrogens is 274 g/mol. The predicted molar refractivity (Wildman–Crippen MR) is 64.8 cm³/mol. The van der Waals surface area contributed by atoms with Crippen molar-refractivity contribution >= 4 is 33.5 Å². The average molecular weight is 286 g/mol. The Morgan fingerprint density at radius 1 is 1.44 bits per heavy atom. The second kappa shape index (κ2) is 5.12. The van der Waals surface area contributed by atoms with Crippen LogP contribution >= 0.6 is 15.9 Å². The largest absolute Gasteiger partial charge is 0.478 e. The number of amides is 1. The van der Waals surface area contributed by atoms with E-state index in [1.807, 2.05) is 6.92 Å². The van der Waals surface area contributed by atoms with Crippen LogP contribution in [-0.2, 0) is 11.2 Å². The van der Waals surface area contributed by atoms with Crippen molar-refractivity contribution in [2.45, 2.75) is 20.3 Å². The van der Waals surface area contributed by atoms with Crippen molar-refractivity contribution in [1.29, 1.82) is 0 Å². The maximum Gasteiger partial charge on any atom is 0.336 e. The van der Waals surface area contributed by atoms with Gasteiger partial charge >= 0.3 is 5.97 Å². The SMILES string of the molecule is CCc1cc(NC(C)=O)cc(C(=O)O)c1Br. The van der Waals surface area contributed by atoms with Crippen LogP contribution < -0.4 is 5.32 Å². The van der Waals surface area contributed by atoms with Gasteiger partial charge in [-0.05, 0) is 40.0 Å². The molecule has 2 N–H and O–H groups in total. The van der Waals surface area contributed by atoms with Crippen LogP contribution in [0.1, 0.15) is 29.8 Å². The molecule has 0 aliphatic rings. The van der Waals surface area contributed by atoms with E-state index < -0.39 is 5.97 Å². The van der Waals surface area contributed by atoms with Crippen LogP contribution in [0.4, 0.5) is 5.69 Å². The summed E-state index contributed by atoms with van der Waals surface area (Å²) in [5.74, 6) is -1.24. The van der Waals surface area contributed by atoms with Crippen LogP contribution in [0.2, 0.25) is 0 Å². The van der Waals surface area contributed by atoms with Gasteiger partial charge in [0.15, 0.2) is 0 Å². The molecule has 1 rings (SSSR count). The second-order valence-electron chi connectivity index (χ2n) is 3.34. The first-order chi connectivity index (χ1) is 7.45. The first-order valence-electron chi connectivity index (χ1n) is 4.79. The smallest absolute Gasteiger partial charge is 0.336 e. The molecule has 0 aliphatic heterocycles. The van der Waals surface area contributed by atoms with Crippen molar-refractivity contribution in [3.8, 4) is 0 Å². The first kappa shape index (κ1) is 12.7. The summed E-state index contributed by atoms with van der Waals surface area (Å²) >= 11 is 3.25. The second-order valence-corrected chi connectivity index (χ2v) is 4.13. The minimum absolute atomic E-state index is 0.156. The summed E-state index contributed by atoms with van der Waals surface area (Å²) in [7, 11) is 0. The number of hydrogen-bond acceptors (Lipinski definition) is 2. The van der Waals surface area contributed by atoms with E-state index in [9.17, 15) is 9.59 Å². The zero-order chi connectivity index (χ0) is 12.3. The normalized spacial score (nSPS) is 9.94. The fourth-order valence-electron chi connectivity index (χ4n) is 1.37. The Kier molecular flexibility index (Phi) is 4.06. The highest BCUT2D eigenvalue weighted by atomic mass is 79.9. The van der Waals surface area contributed by atoms with Gasteiger partial charge in [-0.2, -0.15) is 0 Å². The van der Waals surface area contributed by atoms with E-state index in [4.69, 9.17) is 5.11 Å². The van der Waals surface area contributed by atoms with E-state index in [0.717, 1.165) is 5.56 Å². The maximum atomic E-state index is 11.0. The lowest BCUT2D eigenvalue weighted by Gasteiger charge is -2.09. The van der Waals surface area contributed by atoms with Crippen LogP contribution in [0.25, 0.3) is 0 Å². The van der Waals surface area contributed by atoms with Crippen molar-refractivity contribution in [2.24, 2.45) is 0 Å². The van der Waals surface area contributed by atoms with Crippen molar-refractivity contribution in [2.75, 3.05) is 5.32 Å². The fraction of sp³-hybridized carbons (Fsp3) is 0.273. The Morgan fingerprint density at radius 2 is 2.06 bits per heavy atom. The molecule has 0 aromatic heterocycles. The molecule has 0 radical (unpaired) electrons. The van der Waals surface area contributed by atoms with Crippen LogP contribution in [0.3, 0.4) is 0 Å². The first-order valence-corrected chi connectivity index (χ1v) is 5.58. The van der Waals surface area contributed by atoms with E-state index >= 15 is 0 Å². The highest BCUT2D eigenvalue weighted by molar-refractivity contribution is 9.10. The van der Waals surface area contributed by atoms with Crippen LogP contribution in [0.5, 0.6) is 0 Å². The number of benzene rings is 1. The van der Waals surface area contributed by atoms with E-state index in [2.05, 4.69) is 21.2 Å². The molecule has 1 aromatic rings. The fourth-order valence-corrected chi connectivity index (χ4v) is 2.05. The lowest BCUT2D eigenvalue weighted by atomic mass is 10.1. The quantitative estimate of drug-likeness (QED) is 0.897. The predicted octanol–water partition coefficient (Wildman–Crippen LogP) is 2.67. The van der Waals surface area contributed by atoms with Gasteiger partial charge in [0, 0.05) is 17.1 Å². The highest BCUT2D eigenvalue weighted by Gasteiger charge is 2.13. The Balaban J connectivity index is 3.28. The summed E-state index contributed by atoms with van der Waals surface area (Å²) in [6.45, 7) is 3.30. The van der Waals surface area contributed by atoms with E-state index in [1.54, 1.807) is 6.07 Å². The number of carbonyl (C=O) groups excluding carboxylic acids is 1. The molecule has 0 aliphatic carbocycles. The van der Waals surface area contributed by atoms with Gasteiger partial charge in [-0.1, -0.05) is 6.92 Å². The zero-order valence-corrected chi connectivity index (χ0v) is 10.6. The summed E-state index contributed by atoms with van der Waals surface area (Å²) < 4.78 is 0.566. The number of carboxylic acid groups (broad SMARTS) is 1. The number of carbonyl (C=O) groups is 2. The molecule has 0 atom stereocenters. The van der Waals surface area contributed by atoms with Gasteiger partial charge in [-0.15, -0.1) is 0 Å². The topological polar surface area (TPSA) is 66.4 Å². The van der Waals surface area contributed by atoms with Gasteiger partial charge in [-0.25, -0.2) is 4.79 Å². The standard InChI is InChI=1S/C11H12BrNO3/c1-3-7-4-8(13-6(2)14)5-9(10(7)12)11(15)16/h4-5H,3H2,1-2H3,(H,13,14)(H,15,16). The number of aryl methyl sites for hydroxylation is 1. The number of aromatic carboxylic acids is 1. The number of anilines is 1. The highest BCUT2D eigenvalue weighted by Crippen LogP contribution is 2.27. The van der Waals surface area contributed by atoms with Gasteiger partial charge in [0.2, 0.25) is 5.91 Å².